The van der Waals surface area contributed by atoms with Gasteiger partial charge in [0.25, 0.3) is 0 Å². The number of benzene rings is 2. The lowest BCUT2D eigenvalue weighted by Crippen LogP contribution is -2.20. The standard InChI is InChI=1S/C19H17FN4O2/c1-2-3-6-11-26-13-9-10-16-14(12-13)18(24-23-16)22-19(25)21-17-8-5-4-7-15(17)20/h4-5,7-10,12H,2,11H2,1H3,(H3,21,22,23,24,25). The highest BCUT2D eigenvalue weighted by Crippen LogP contribution is 2.25. The van der Waals surface area contributed by atoms with Crippen LogP contribution in [0.15, 0.2) is 42.5 Å². The van der Waals surface area contributed by atoms with Gasteiger partial charge in [0.2, 0.25) is 0 Å². The fourth-order valence-corrected chi connectivity index (χ4v) is 2.30. The van der Waals surface area contributed by atoms with Crippen molar-refractivity contribution >= 4 is 28.4 Å². The lowest BCUT2D eigenvalue weighted by Gasteiger charge is -2.07. The molecule has 0 aliphatic carbocycles. The molecule has 1 heterocycles. The Morgan fingerprint density at radius 3 is 2.88 bits per heavy atom. The molecule has 0 radical (unpaired) electrons. The van der Waals surface area contributed by atoms with Crippen molar-refractivity contribution in [3.63, 3.8) is 0 Å². The Morgan fingerprint density at radius 2 is 2.08 bits per heavy atom. The van der Waals surface area contributed by atoms with Gasteiger partial charge in [-0.15, -0.1) is 5.92 Å². The highest BCUT2D eigenvalue weighted by molar-refractivity contribution is 6.04. The summed E-state index contributed by atoms with van der Waals surface area (Å²) in [6.45, 7) is 2.25. The highest BCUT2D eigenvalue weighted by atomic mass is 19.1. The third-order valence-corrected chi connectivity index (χ3v) is 3.50. The molecule has 0 spiro atoms. The minimum atomic E-state index is -0.594. The maximum absolute atomic E-state index is 13.6. The molecule has 0 aliphatic rings. The second kappa shape index (κ2) is 8.03. The Hall–Kier alpha value is -3.53. The zero-order valence-electron chi connectivity index (χ0n) is 14.1. The number of fused-ring (bicyclic) bond motifs is 1. The number of urea groups is 1. The molecule has 2 aromatic carbocycles. The Kier molecular flexibility index (Phi) is 5.34. The van der Waals surface area contributed by atoms with Crippen molar-refractivity contribution in [3.05, 3.63) is 48.3 Å². The zero-order valence-corrected chi connectivity index (χ0v) is 14.1. The summed E-state index contributed by atoms with van der Waals surface area (Å²) in [6, 6.07) is 10.7. The van der Waals surface area contributed by atoms with Crippen LogP contribution in [-0.2, 0) is 0 Å². The van der Waals surface area contributed by atoms with Crippen molar-refractivity contribution in [1.29, 1.82) is 0 Å². The van der Waals surface area contributed by atoms with Crippen LogP contribution in [0, 0.1) is 17.7 Å². The quantitative estimate of drug-likeness (QED) is 0.618. The predicted octanol–water partition coefficient (Wildman–Crippen LogP) is 4.14. The molecule has 132 valence electrons. The average molecular weight is 352 g/mol. The number of rotatable bonds is 4. The number of ether oxygens (including phenoxy) is 1. The van der Waals surface area contributed by atoms with Gasteiger partial charge in [-0.05, 0) is 30.3 Å². The normalized spacial score (nSPS) is 10.1. The van der Waals surface area contributed by atoms with E-state index in [1.165, 1.54) is 12.1 Å². The lowest BCUT2D eigenvalue weighted by molar-refractivity contribution is 0.262. The van der Waals surface area contributed by atoms with Gasteiger partial charge in [-0.1, -0.05) is 25.0 Å². The first-order valence-corrected chi connectivity index (χ1v) is 8.06. The summed E-state index contributed by atoms with van der Waals surface area (Å²) in [5, 5.41) is 12.6. The molecule has 0 saturated heterocycles. The van der Waals surface area contributed by atoms with Crippen molar-refractivity contribution in [2.24, 2.45) is 0 Å². The first-order valence-electron chi connectivity index (χ1n) is 8.06. The summed E-state index contributed by atoms with van der Waals surface area (Å²) in [6.07, 6.45) is 0.773. The number of halogens is 1. The molecule has 1 aromatic heterocycles. The van der Waals surface area contributed by atoms with Gasteiger partial charge in [0.05, 0.1) is 11.2 Å². The van der Waals surface area contributed by atoms with Crippen molar-refractivity contribution in [1.82, 2.24) is 10.2 Å². The Balaban J connectivity index is 1.73. The second-order valence-electron chi connectivity index (χ2n) is 5.33. The monoisotopic (exact) mass is 352 g/mol. The van der Waals surface area contributed by atoms with Gasteiger partial charge < -0.3 is 10.1 Å². The number of nitrogens with zero attached hydrogens (tertiary/aromatic N) is 1. The van der Waals surface area contributed by atoms with E-state index >= 15 is 0 Å². The summed E-state index contributed by atoms with van der Waals surface area (Å²) in [5.74, 6) is 6.24. The van der Waals surface area contributed by atoms with E-state index in [2.05, 4.69) is 32.7 Å². The molecule has 0 aliphatic heterocycles. The SMILES string of the molecule is CCC#CCOc1ccc2[nH]nc(NC(=O)Nc3ccccc3F)c2c1. The number of H-pyrrole nitrogens is 1. The molecule has 2 amide bonds. The number of aromatic nitrogens is 2. The number of amides is 2. The van der Waals surface area contributed by atoms with Gasteiger partial charge >= 0.3 is 6.03 Å². The van der Waals surface area contributed by atoms with E-state index < -0.39 is 11.8 Å². The summed E-state index contributed by atoms with van der Waals surface area (Å²) in [5.41, 5.74) is 0.821. The van der Waals surface area contributed by atoms with Crippen LogP contribution in [0.3, 0.4) is 0 Å². The van der Waals surface area contributed by atoms with E-state index in [9.17, 15) is 9.18 Å². The average Bonchev–Trinajstić information content (AvgIpc) is 3.03. The van der Waals surface area contributed by atoms with E-state index in [0.29, 0.717) is 17.0 Å². The van der Waals surface area contributed by atoms with Gasteiger partial charge in [-0.3, -0.25) is 10.4 Å². The fraction of sp³-hybridized carbons (Fsp3) is 0.158. The van der Waals surface area contributed by atoms with Crippen LogP contribution in [0.2, 0.25) is 0 Å². The van der Waals surface area contributed by atoms with E-state index in [-0.39, 0.29) is 12.3 Å². The molecule has 0 saturated carbocycles. The maximum atomic E-state index is 13.6. The van der Waals surface area contributed by atoms with Crippen LogP contribution in [0.1, 0.15) is 13.3 Å². The van der Waals surface area contributed by atoms with Crippen LogP contribution in [0.4, 0.5) is 20.7 Å². The van der Waals surface area contributed by atoms with Gasteiger partial charge in [-0.2, -0.15) is 5.10 Å². The van der Waals surface area contributed by atoms with Crippen molar-refractivity contribution in [3.8, 4) is 17.6 Å². The van der Waals surface area contributed by atoms with Gasteiger partial charge in [-0.25, -0.2) is 9.18 Å². The predicted molar refractivity (Wildman–Crippen MR) is 98.7 cm³/mol. The van der Waals surface area contributed by atoms with Crippen molar-refractivity contribution in [2.75, 3.05) is 17.2 Å². The topological polar surface area (TPSA) is 79.0 Å². The number of para-hydroxylation sites is 1. The van der Waals surface area contributed by atoms with Gasteiger partial charge in [0, 0.05) is 11.8 Å². The lowest BCUT2D eigenvalue weighted by atomic mass is 10.2. The molecule has 26 heavy (non-hydrogen) atoms. The highest BCUT2D eigenvalue weighted by Gasteiger charge is 2.12. The van der Waals surface area contributed by atoms with Crippen LogP contribution < -0.4 is 15.4 Å². The summed E-state index contributed by atoms with van der Waals surface area (Å²) in [7, 11) is 0. The number of aromatic amines is 1. The first-order chi connectivity index (χ1) is 12.7. The minimum Gasteiger partial charge on any atom is -0.481 e. The Bertz CT molecular complexity index is 988. The van der Waals surface area contributed by atoms with Crippen LogP contribution in [0.25, 0.3) is 10.9 Å². The molecule has 3 aromatic rings. The second-order valence-corrected chi connectivity index (χ2v) is 5.33. The van der Waals surface area contributed by atoms with Gasteiger partial charge in [0.15, 0.2) is 5.82 Å². The molecule has 0 unspecified atom stereocenters. The molecule has 6 nitrogen and oxygen atoms in total. The van der Waals surface area contributed by atoms with Crippen LogP contribution in [-0.4, -0.2) is 22.8 Å². The molecule has 7 heteroatoms. The van der Waals surface area contributed by atoms with E-state index in [1.807, 2.05) is 6.92 Å². The Morgan fingerprint density at radius 1 is 1.23 bits per heavy atom. The summed E-state index contributed by atoms with van der Waals surface area (Å²) >= 11 is 0. The molecule has 3 N–H and O–H groups in total. The van der Waals surface area contributed by atoms with E-state index in [0.717, 1.165) is 11.9 Å². The van der Waals surface area contributed by atoms with E-state index in [1.54, 1.807) is 30.3 Å². The molecule has 0 fully saturated rings. The Labute approximate surface area is 149 Å². The number of anilines is 2. The van der Waals surface area contributed by atoms with Gasteiger partial charge in [0.1, 0.15) is 18.2 Å². The number of carbonyl (C=O) groups excluding carboxylic acids is 1. The zero-order chi connectivity index (χ0) is 18.4. The van der Waals surface area contributed by atoms with Crippen LogP contribution in [0.5, 0.6) is 5.75 Å². The number of carbonyl (C=O) groups is 1. The number of hydrogen-bond donors (Lipinski definition) is 3. The van der Waals surface area contributed by atoms with Crippen LogP contribution >= 0.6 is 0 Å². The number of hydrogen-bond acceptors (Lipinski definition) is 3. The number of nitrogens with one attached hydrogen (secondary N) is 3. The molecule has 0 bridgehead atoms. The third kappa shape index (κ3) is 4.11. The van der Waals surface area contributed by atoms with E-state index in [4.69, 9.17) is 4.74 Å². The summed E-state index contributed by atoms with van der Waals surface area (Å²) in [4.78, 5) is 12.1. The molecule has 3 rings (SSSR count). The molecular weight excluding hydrogens is 335 g/mol. The summed E-state index contributed by atoms with van der Waals surface area (Å²) < 4.78 is 19.2. The minimum absolute atomic E-state index is 0.0864. The molecular formula is C19H17FN4O2. The first kappa shape index (κ1) is 17.3. The maximum Gasteiger partial charge on any atom is 0.324 e. The smallest absolute Gasteiger partial charge is 0.324 e. The van der Waals surface area contributed by atoms with Crippen molar-refractivity contribution in [2.45, 2.75) is 13.3 Å². The van der Waals surface area contributed by atoms with Crippen molar-refractivity contribution < 1.29 is 13.9 Å². The fourth-order valence-electron chi connectivity index (χ4n) is 2.30. The largest absolute Gasteiger partial charge is 0.481 e. The third-order valence-electron chi connectivity index (χ3n) is 3.50. The molecule has 0 atom stereocenters.